The van der Waals surface area contributed by atoms with Gasteiger partial charge in [-0.25, -0.2) is 0 Å². The van der Waals surface area contributed by atoms with Gasteiger partial charge >= 0.3 is 0 Å². The fourth-order valence-electron chi connectivity index (χ4n) is 1.29. The van der Waals surface area contributed by atoms with Crippen LogP contribution in [0.4, 0.5) is 0 Å². The molecule has 0 heterocycles. The first-order valence-electron chi connectivity index (χ1n) is 6.17. The van der Waals surface area contributed by atoms with Gasteiger partial charge < -0.3 is 16.0 Å². The molecule has 0 saturated heterocycles. The third kappa shape index (κ3) is 7.50. The van der Waals surface area contributed by atoms with Crippen molar-refractivity contribution in [1.29, 1.82) is 0 Å². The number of hydrogen-bond donors (Lipinski definition) is 3. The van der Waals surface area contributed by atoms with Gasteiger partial charge in [-0.05, 0) is 27.3 Å². The SMILES string of the molecule is CCC(C)NC(=O)C(C)NC(=O)C(C)CNC.Cl. The Morgan fingerprint density at radius 2 is 1.61 bits per heavy atom. The van der Waals surface area contributed by atoms with E-state index in [4.69, 9.17) is 0 Å². The molecule has 5 nitrogen and oxygen atoms in total. The van der Waals surface area contributed by atoms with E-state index in [1.807, 2.05) is 20.8 Å². The summed E-state index contributed by atoms with van der Waals surface area (Å²) in [7, 11) is 1.79. The van der Waals surface area contributed by atoms with Crippen molar-refractivity contribution >= 4 is 24.2 Å². The van der Waals surface area contributed by atoms with Gasteiger partial charge in [0.15, 0.2) is 0 Å². The van der Waals surface area contributed by atoms with Crippen molar-refractivity contribution in [3.05, 3.63) is 0 Å². The van der Waals surface area contributed by atoms with Gasteiger partial charge in [-0.2, -0.15) is 0 Å². The normalized spacial score (nSPS) is 14.9. The van der Waals surface area contributed by atoms with Crippen molar-refractivity contribution < 1.29 is 9.59 Å². The number of carbonyl (C=O) groups excluding carboxylic acids is 2. The Bertz CT molecular complexity index is 262. The molecule has 3 N–H and O–H groups in total. The summed E-state index contributed by atoms with van der Waals surface area (Å²) in [6.07, 6.45) is 0.878. The number of hydrogen-bond acceptors (Lipinski definition) is 3. The summed E-state index contributed by atoms with van der Waals surface area (Å²) in [4.78, 5) is 23.4. The van der Waals surface area contributed by atoms with Gasteiger partial charge in [-0.3, -0.25) is 9.59 Å². The van der Waals surface area contributed by atoms with E-state index in [1.54, 1.807) is 14.0 Å². The van der Waals surface area contributed by atoms with Gasteiger partial charge in [0.25, 0.3) is 0 Å². The standard InChI is InChI=1S/C12H25N3O2.ClH/c1-6-9(3)14-12(17)10(4)15-11(16)8(2)7-13-5;/h8-10,13H,6-7H2,1-5H3,(H,14,17)(H,15,16);1H. The van der Waals surface area contributed by atoms with Crippen LogP contribution in [0, 0.1) is 5.92 Å². The second-order valence-electron chi connectivity index (χ2n) is 4.51. The monoisotopic (exact) mass is 279 g/mol. The lowest BCUT2D eigenvalue weighted by atomic mass is 10.1. The average molecular weight is 280 g/mol. The van der Waals surface area contributed by atoms with Crippen molar-refractivity contribution in [2.24, 2.45) is 5.92 Å². The van der Waals surface area contributed by atoms with Crippen molar-refractivity contribution in [1.82, 2.24) is 16.0 Å². The van der Waals surface area contributed by atoms with E-state index in [1.165, 1.54) is 0 Å². The van der Waals surface area contributed by atoms with Crippen LogP contribution in [0.2, 0.25) is 0 Å². The Kier molecular flexibility index (Phi) is 11.0. The quantitative estimate of drug-likeness (QED) is 0.642. The molecule has 108 valence electrons. The van der Waals surface area contributed by atoms with E-state index in [0.717, 1.165) is 6.42 Å². The van der Waals surface area contributed by atoms with Gasteiger partial charge in [0.2, 0.25) is 11.8 Å². The molecular weight excluding hydrogens is 254 g/mol. The third-order valence-electron chi connectivity index (χ3n) is 2.71. The molecule has 3 unspecified atom stereocenters. The van der Waals surface area contributed by atoms with Crippen LogP contribution < -0.4 is 16.0 Å². The van der Waals surface area contributed by atoms with Crippen LogP contribution in [0.5, 0.6) is 0 Å². The largest absolute Gasteiger partial charge is 0.352 e. The van der Waals surface area contributed by atoms with E-state index in [2.05, 4.69) is 16.0 Å². The maximum atomic E-state index is 11.7. The molecule has 0 spiro atoms. The van der Waals surface area contributed by atoms with Gasteiger partial charge in [0.05, 0.1) is 0 Å². The number of halogens is 1. The molecular formula is C12H26ClN3O2. The smallest absolute Gasteiger partial charge is 0.242 e. The lowest BCUT2D eigenvalue weighted by Crippen LogP contribution is -2.49. The minimum absolute atomic E-state index is 0. The van der Waals surface area contributed by atoms with Gasteiger partial charge in [0.1, 0.15) is 6.04 Å². The molecule has 2 amide bonds. The molecule has 0 fully saturated rings. The van der Waals surface area contributed by atoms with Crippen molar-refractivity contribution in [3.63, 3.8) is 0 Å². The highest BCUT2D eigenvalue weighted by Gasteiger charge is 2.19. The molecule has 0 aliphatic heterocycles. The van der Waals surface area contributed by atoms with Crippen LogP contribution in [-0.2, 0) is 9.59 Å². The molecule has 0 aromatic rings. The fraction of sp³-hybridized carbons (Fsp3) is 0.833. The Morgan fingerprint density at radius 3 is 2.06 bits per heavy atom. The van der Waals surface area contributed by atoms with E-state index >= 15 is 0 Å². The molecule has 6 heteroatoms. The second kappa shape index (κ2) is 10.1. The highest BCUT2D eigenvalue weighted by molar-refractivity contribution is 5.88. The third-order valence-corrected chi connectivity index (χ3v) is 2.71. The minimum atomic E-state index is -0.490. The lowest BCUT2D eigenvalue weighted by molar-refractivity contribution is -0.130. The van der Waals surface area contributed by atoms with Gasteiger partial charge in [0, 0.05) is 18.5 Å². The van der Waals surface area contributed by atoms with Crippen LogP contribution in [0.25, 0.3) is 0 Å². The Hall–Kier alpha value is -0.810. The first-order valence-corrected chi connectivity index (χ1v) is 6.17. The molecule has 18 heavy (non-hydrogen) atoms. The minimum Gasteiger partial charge on any atom is -0.352 e. The predicted molar refractivity (Wildman–Crippen MR) is 75.8 cm³/mol. The Morgan fingerprint density at radius 1 is 1.06 bits per heavy atom. The van der Waals surface area contributed by atoms with Gasteiger partial charge in [-0.15, -0.1) is 12.4 Å². The topological polar surface area (TPSA) is 70.2 Å². The van der Waals surface area contributed by atoms with Gasteiger partial charge in [-0.1, -0.05) is 13.8 Å². The summed E-state index contributed by atoms with van der Waals surface area (Å²) in [6.45, 7) is 8.07. The van der Waals surface area contributed by atoms with Crippen molar-refractivity contribution in [3.8, 4) is 0 Å². The van der Waals surface area contributed by atoms with Crippen LogP contribution in [0.3, 0.4) is 0 Å². The van der Waals surface area contributed by atoms with E-state index < -0.39 is 6.04 Å². The maximum Gasteiger partial charge on any atom is 0.242 e. The summed E-state index contributed by atoms with van der Waals surface area (Å²) in [6, 6.07) is -0.354. The first kappa shape index (κ1) is 19.5. The van der Waals surface area contributed by atoms with Crippen LogP contribution >= 0.6 is 12.4 Å². The molecule has 0 radical (unpaired) electrons. The van der Waals surface area contributed by atoms with Crippen molar-refractivity contribution in [2.75, 3.05) is 13.6 Å². The van der Waals surface area contributed by atoms with Crippen LogP contribution in [0.1, 0.15) is 34.1 Å². The van der Waals surface area contributed by atoms with Crippen molar-refractivity contribution in [2.45, 2.75) is 46.2 Å². The number of rotatable bonds is 7. The van der Waals surface area contributed by atoms with Crippen LogP contribution in [0.15, 0.2) is 0 Å². The number of nitrogens with one attached hydrogen (secondary N) is 3. The van der Waals surface area contributed by atoms with E-state index in [-0.39, 0.29) is 36.2 Å². The molecule has 0 rings (SSSR count). The maximum absolute atomic E-state index is 11.7. The molecule has 0 aromatic heterocycles. The fourth-order valence-corrected chi connectivity index (χ4v) is 1.29. The predicted octanol–water partition coefficient (Wildman–Crippen LogP) is 0.683. The molecule has 3 atom stereocenters. The summed E-state index contributed by atoms with van der Waals surface area (Å²) in [5.41, 5.74) is 0. The summed E-state index contributed by atoms with van der Waals surface area (Å²) in [5, 5.41) is 8.47. The molecule has 0 saturated carbocycles. The zero-order valence-electron chi connectivity index (χ0n) is 11.9. The number of amides is 2. The molecule has 0 aliphatic carbocycles. The number of carbonyl (C=O) groups is 2. The zero-order chi connectivity index (χ0) is 13.4. The summed E-state index contributed by atoms with van der Waals surface area (Å²) in [5.74, 6) is -0.380. The van der Waals surface area contributed by atoms with E-state index in [0.29, 0.717) is 6.54 Å². The van der Waals surface area contributed by atoms with Crippen LogP contribution in [-0.4, -0.2) is 37.5 Å². The molecule has 0 bridgehead atoms. The molecule has 0 aliphatic rings. The zero-order valence-corrected chi connectivity index (χ0v) is 12.7. The average Bonchev–Trinajstić information content (AvgIpc) is 2.28. The summed E-state index contributed by atoms with van der Waals surface area (Å²) >= 11 is 0. The second-order valence-corrected chi connectivity index (χ2v) is 4.51. The van der Waals surface area contributed by atoms with E-state index in [9.17, 15) is 9.59 Å². The molecule has 0 aromatic carbocycles. The highest BCUT2D eigenvalue weighted by Crippen LogP contribution is 1.95. The summed E-state index contributed by atoms with van der Waals surface area (Å²) < 4.78 is 0. The lowest BCUT2D eigenvalue weighted by Gasteiger charge is -2.19. The Labute approximate surface area is 116 Å². The Balaban J connectivity index is 0. The highest BCUT2D eigenvalue weighted by atomic mass is 35.5. The first-order chi connectivity index (χ1) is 7.92.